The number of aryl methyl sites for hydroxylation is 3. The number of aromatic nitrogens is 1. The summed E-state index contributed by atoms with van der Waals surface area (Å²) in [4.78, 5) is 4.79. The van der Waals surface area contributed by atoms with E-state index in [1.807, 2.05) is 13.0 Å². The second-order valence-electron chi connectivity index (χ2n) is 6.80. The number of pyridine rings is 1. The van der Waals surface area contributed by atoms with Crippen LogP contribution in [0.3, 0.4) is 0 Å². The van der Waals surface area contributed by atoms with Crippen LogP contribution in [0.25, 0.3) is 11.3 Å². The highest BCUT2D eigenvalue weighted by Crippen LogP contribution is 2.33. The van der Waals surface area contributed by atoms with Gasteiger partial charge in [0.25, 0.3) is 0 Å². The molecule has 0 bridgehead atoms. The fraction of sp³-hybridized carbons (Fsp3) is 0.292. The van der Waals surface area contributed by atoms with E-state index in [9.17, 15) is 8.78 Å². The van der Waals surface area contributed by atoms with E-state index in [1.54, 1.807) is 7.11 Å². The third kappa shape index (κ3) is 4.39. The average Bonchev–Trinajstić information content (AvgIpc) is 2.73. The van der Waals surface area contributed by atoms with Crippen molar-refractivity contribution in [2.24, 2.45) is 0 Å². The topological polar surface area (TPSA) is 31.4 Å². The van der Waals surface area contributed by atoms with Crippen LogP contribution in [-0.2, 0) is 19.4 Å². The molecule has 0 atom stereocenters. The Hall–Kier alpha value is -2.95. The summed E-state index contributed by atoms with van der Waals surface area (Å²) in [7, 11) is 1.58. The van der Waals surface area contributed by atoms with E-state index in [0.717, 1.165) is 48.0 Å². The van der Waals surface area contributed by atoms with Crippen LogP contribution in [0.5, 0.6) is 11.5 Å². The van der Waals surface area contributed by atoms with Crippen molar-refractivity contribution in [1.29, 1.82) is 0 Å². The van der Waals surface area contributed by atoms with Gasteiger partial charge in [-0.15, -0.1) is 0 Å². The highest BCUT2D eigenvalue weighted by molar-refractivity contribution is 5.70. The molecule has 0 unspecified atom stereocenters. The van der Waals surface area contributed by atoms with Gasteiger partial charge in [-0.3, -0.25) is 4.98 Å². The van der Waals surface area contributed by atoms with Crippen LogP contribution in [0.2, 0.25) is 0 Å². The average molecular weight is 397 g/mol. The molecule has 3 nitrogen and oxygen atoms in total. The second-order valence-corrected chi connectivity index (χ2v) is 6.80. The van der Waals surface area contributed by atoms with E-state index in [1.165, 1.54) is 11.1 Å². The van der Waals surface area contributed by atoms with E-state index in [0.29, 0.717) is 11.3 Å². The number of rotatable bonds is 7. The lowest BCUT2D eigenvalue weighted by Gasteiger charge is -2.17. The molecule has 3 rings (SSSR count). The summed E-state index contributed by atoms with van der Waals surface area (Å²) < 4.78 is 38.4. The number of nitrogens with zero attached hydrogens (tertiary/aromatic N) is 1. The normalized spacial score (nSPS) is 10.8. The van der Waals surface area contributed by atoms with Crippen molar-refractivity contribution in [2.75, 3.05) is 7.11 Å². The Morgan fingerprint density at radius 1 is 0.931 bits per heavy atom. The molecule has 0 aliphatic heterocycles. The molecule has 0 aliphatic carbocycles. The summed E-state index contributed by atoms with van der Waals surface area (Å²) in [5.74, 6) is -0.698. The molecule has 29 heavy (non-hydrogen) atoms. The summed E-state index contributed by atoms with van der Waals surface area (Å²) in [5.41, 5.74) is 5.85. The van der Waals surface area contributed by atoms with E-state index in [-0.39, 0.29) is 12.4 Å². The third-order valence-electron chi connectivity index (χ3n) is 5.03. The number of ether oxygens (including phenoxy) is 2. The van der Waals surface area contributed by atoms with Gasteiger partial charge in [0, 0.05) is 23.4 Å². The first-order valence-electron chi connectivity index (χ1n) is 9.71. The molecular formula is C24H25F2NO2. The number of benzene rings is 2. The first-order chi connectivity index (χ1) is 14.0. The zero-order valence-electron chi connectivity index (χ0n) is 17.2. The number of methoxy groups -OCH3 is 1. The number of halogens is 2. The molecule has 0 saturated heterocycles. The van der Waals surface area contributed by atoms with Gasteiger partial charge in [-0.1, -0.05) is 32.0 Å². The Morgan fingerprint density at radius 3 is 2.24 bits per heavy atom. The molecule has 0 amide bonds. The Balaban J connectivity index is 2.00. The van der Waals surface area contributed by atoms with Crippen molar-refractivity contribution in [3.05, 3.63) is 76.5 Å². The van der Waals surface area contributed by atoms with Crippen molar-refractivity contribution in [3.8, 4) is 22.8 Å². The predicted molar refractivity (Wildman–Crippen MR) is 110 cm³/mol. The zero-order chi connectivity index (χ0) is 21.0. The molecule has 1 heterocycles. The van der Waals surface area contributed by atoms with E-state index in [2.05, 4.69) is 32.0 Å². The molecule has 1 aromatic heterocycles. The summed E-state index contributed by atoms with van der Waals surface area (Å²) >= 11 is 0. The number of hydrogen-bond acceptors (Lipinski definition) is 3. The van der Waals surface area contributed by atoms with Crippen molar-refractivity contribution >= 4 is 0 Å². The molecule has 0 saturated carbocycles. The summed E-state index contributed by atoms with van der Waals surface area (Å²) in [6, 6.07) is 11.3. The van der Waals surface area contributed by atoms with E-state index in [4.69, 9.17) is 14.5 Å². The molecule has 0 fully saturated rings. The zero-order valence-corrected chi connectivity index (χ0v) is 17.2. The Labute approximate surface area is 170 Å². The first-order valence-corrected chi connectivity index (χ1v) is 9.71. The molecule has 152 valence electrons. The van der Waals surface area contributed by atoms with Crippen LogP contribution in [0.4, 0.5) is 8.78 Å². The minimum Gasteiger partial charge on any atom is -0.496 e. The summed E-state index contributed by atoms with van der Waals surface area (Å²) in [6.45, 7) is 6.14. The van der Waals surface area contributed by atoms with Crippen LogP contribution >= 0.6 is 0 Å². The SMILES string of the molecule is CCc1cccc(CC)c1-c1cc(OC)c(COc2cc(F)ccc2F)c(C)n1. The lowest BCUT2D eigenvalue weighted by atomic mass is 9.94. The van der Waals surface area contributed by atoms with Gasteiger partial charge in [0.15, 0.2) is 11.6 Å². The van der Waals surface area contributed by atoms with Crippen LogP contribution in [-0.4, -0.2) is 12.1 Å². The quantitative estimate of drug-likeness (QED) is 0.486. The minimum absolute atomic E-state index is 0.0265. The number of hydrogen-bond donors (Lipinski definition) is 0. The van der Waals surface area contributed by atoms with Crippen molar-refractivity contribution in [1.82, 2.24) is 4.98 Å². The molecule has 0 radical (unpaired) electrons. The second kappa shape index (κ2) is 9.03. The monoisotopic (exact) mass is 397 g/mol. The van der Waals surface area contributed by atoms with Gasteiger partial charge in [0.1, 0.15) is 18.2 Å². The largest absolute Gasteiger partial charge is 0.496 e. The van der Waals surface area contributed by atoms with Crippen molar-refractivity contribution < 1.29 is 18.3 Å². The fourth-order valence-electron chi connectivity index (χ4n) is 3.47. The Morgan fingerprint density at radius 2 is 1.62 bits per heavy atom. The van der Waals surface area contributed by atoms with Crippen LogP contribution in [0.1, 0.15) is 36.2 Å². The highest BCUT2D eigenvalue weighted by Gasteiger charge is 2.17. The van der Waals surface area contributed by atoms with Crippen LogP contribution in [0.15, 0.2) is 42.5 Å². The third-order valence-corrected chi connectivity index (χ3v) is 5.03. The van der Waals surface area contributed by atoms with Crippen molar-refractivity contribution in [3.63, 3.8) is 0 Å². The first kappa shape index (κ1) is 20.8. The maximum atomic E-state index is 13.9. The van der Waals surface area contributed by atoms with Crippen LogP contribution in [0, 0.1) is 18.6 Å². The molecule has 0 N–H and O–H groups in total. The molecular weight excluding hydrogens is 372 g/mol. The highest BCUT2D eigenvalue weighted by atomic mass is 19.1. The smallest absolute Gasteiger partial charge is 0.165 e. The van der Waals surface area contributed by atoms with Gasteiger partial charge >= 0.3 is 0 Å². The van der Waals surface area contributed by atoms with Gasteiger partial charge in [0.05, 0.1) is 18.4 Å². The van der Waals surface area contributed by atoms with Gasteiger partial charge < -0.3 is 9.47 Å². The van der Waals surface area contributed by atoms with Crippen molar-refractivity contribution in [2.45, 2.75) is 40.2 Å². The predicted octanol–water partition coefficient (Wildman–Crippen LogP) is 6.05. The Kier molecular flexibility index (Phi) is 6.47. The summed E-state index contributed by atoms with van der Waals surface area (Å²) in [6.07, 6.45) is 1.80. The van der Waals surface area contributed by atoms with Gasteiger partial charge in [0.2, 0.25) is 0 Å². The molecule has 0 aliphatic rings. The lowest BCUT2D eigenvalue weighted by Crippen LogP contribution is -2.06. The Bertz CT molecular complexity index is 996. The molecule has 0 spiro atoms. The minimum atomic E-state index is -0.614. The van der Waals surface area contributed by atoms with Gasteiger partial charge in [-0.05, 0) is 43.0 Å². The summed E-state index contributed by atoms with van der Waals surface area (Å²) in [5, 5.41) is 0. The lowest BCUT2D eigenvalue weighted by molar-refractivity contribution is 0.279. The standard InChI is InChI=1S/C24H25F2NO2/c1-5-16-8-7-9-17(6-2)24(16)21-13-22(28-4)19(15(3)27-21)14-29-23-12-18(25)10-11-20(23)26/h7-13H,5-6,14H2,1-4H3. The van der Waals surface area contributed by atoms with Gasteiger partial charge in [-0.2, -0.15) is 0 Å². The maximum Gasteiger partial charge on any atom is 0.165 e. The van der Waals surface area contributed by atoms with E-state index >= 15 is 0 Å². The molecule has 2 aromatic carbocycles. The fourth-order valence-corrected chi connectivity index (χ4v) is 3.47. The van der Waals surface area contributed by atoms with Crippen LogP contribution < -0.4 is 9.47 Å². The molecule has 5 heteroatoms. The maximum absolute atomic E-state index is 13.9. The molecule has 3 aromatic rings. The van der Waals surface area contributed by atoms with E-state index < -0.39 is 11.6 Å². The van der Waals surface area contributed by atoms with Gasteiger partial charge in [-0.25, -0.2) is 8.78 Å².